The third kappa shape index (κ3) is 4.11. The van der Waals surface area contributed by atoms with Crippen molar-refractivity contribution in [3.63, 3.8) is 0 Å². The van der Waals surface area contributed by atoms with Gasteiger partial charge in [0.25, 0.3) is 0 Å². The van der Waals surface area contributed by atoms with Crippen molar-refractivity contribution < 1.29 is 0 Å². The molecule has 12 nitrogen and oxygen atoms in total. The van der Waals surface area contributed by atoms with Crippen LogP contribution in [0.25, 0.3) is 0 Å². The quantitative estimate of drug-likeness (QED) is 0.208. The second-order valence-corrected chi connectivity index (χ2v) is 7.84. The Labute approximate surface area is 174 Å². The molecule has 0 bridgehead atoms. The number of anilines is 4. The van der Waals surface area contributed by atoms with Crippen LogP contribution in [-0.2, 0) is 0 Å². The van der Waals surface area contributed by atoms with Gasteiger partial charge in [0.1, 0.15) is 5.84 Å². The molecule has 2 aromatic rings. The molecule has 0 aliphatic carbocycles. The van der Waals surface area contributed by atoms with E-state index in [1.54, 1.807) is 18.2 Å². The van der Waals surface area contributed by atoms with Crippen molar-refractivity contribution in [3.8, 4) is 0 Å². The second kappa shape index (κ2) is 7.99. The Morgan fingerprint density at radius 3 is 1.83 bits per heavy atom. The van der Waals surface area contributed by atoms with Crippen LogP contribution in [0, 0.1) is 5.41 Å². The highest BCUT2D eigenvalue weighted by Gasteiger charge is 2.32. The summed E-state index contributed by atoms with van der Waals surface area (Å²) in [5.74, 6) is 1.32. The van der Waals surface area contributed by atoms with E-state index in [-0.39, 0.29) is 30.0 Å². The Bertz CT molecular complexity index is 871. The van der Waals surface area contributed by atoms with Crippen LogP contribution < -0.4 is 43.8 Å². The van der Waals surface area contributed by atoms with Crippen molar-refractivity contribution in [2.24, 2.45) is 28.7 Å². The maximum absolute atomic E-state index is 7.63. The predicted molar refractivity (Wildman–Crippen MR) is 117 cm³/mol. The summed E-state index contributed by atoms with van der Waals surface area (Å²) < 4.78 is 0. The van der Waals surface area contributed by atoms with E-state index in [4.69, 9.17) is 34.1 Å². The topological polar surface area (TPSA) is 211 Å². The largest absolute Gasteiger partial charge is 0.384 e. The van der Waals surface area contributed by atoms with Gasteiger partial charge in [-0.3, -0.25) is 5.41 Å². The van der Waals surface area contributed by atoms with Gasteiger partial charge in [0, 0.05) is 61.6 Å². The zero-order valence-corrected chi connectivity index (χ0v) is 16.6. The Hall–Kier alpha value is -3.06. The average Bonchev–Trinajstić information content (AvgIpc) is 3.23. The molecule has 30 heavy (non-hydrogen) atoms. The van der Waals surface area contributed by atoms with Crippen LogP contribution in [0.4, 0.5) is 23.5 Å². The van der Waals surface area contributed by atoms with E-state index in [1.807, 2.05) is 15.9 Å². The van der Waals surface area contributed by atoms with Gasteiger partial charge >= 0.3 is 0 Å². The monoisotopic (exact) mass is 412 g/mol. The van der Waals surface area contributed by atoms with Gasteiger partial charge < -0.3 is 43.8 Å². The first-order chi connectivity index (χ1) is 14.3. The van der Waals surface area contributed by atoms with E-state index in [0.717, 1.165) is 0 Å². The smallest absolute Gasteiger partial charge is 0.233 e. The van der Waals surface area contributed by atoms with Crippen molar-refractivity contribution in [1.82, 2.24) is 15.0 Å². The van der Waals surface area contributed by atoms with Crippen LogP contribution in [0.15, 0.2) is 24.3 Å². The first-order valence-corrected chi connectivity index (χ1v) is 9.80. The molecule has 1 aromatic heterocycles. The molecule has 2 saturated heterocycles. The first kappa shape index (κ1) is 20.2. The standard InChI is InChI=1S/C18H28N12/c19-11-5-29(6-12(11)20)17-26-16(25-10-3-1-2-9(4-10)15(23)24)27-18(28-17)30-7-13(21)14(22)8-30/h1-4,11-14H,5-8,19-22H2,(H3,23,24)(H,25,26,27,28)/t11-,12?,13-,14?/m1/s1. The molecule has 3 heterocycles. The molecule has 0 spiro atoms. The Balaban J connectivity index is 1.67. The van der Waals surface area contributed by atoms with E-state index < -0.39 is 0 Å². The number of rotatable bonds is 5. The fourth-order valence-corrected chi connectivity index (χ4v) is 3.62. The number of nitrogens with one attached hydrogen (secondary N) is 2. The molecule has 160 valence electrons. The lowest BCUT2D eigenvalue weighted by molar-refractivity contribution is 0.642. The minimum Gasteiger partial charge on any atom is -0.384 e. The number of nitrogens with two attached hydrogens (primary N) is 5. The zero-order valence-electron chi connectivity index (χ0n) is 16.6. The molecule has 0 amide bonds. The summed E-state index contributed by atoms with van der Waals surface area (Å²) >= 11 is 0. The molecule has 2 aliphatic heterocycles. The van der Waals surface area contributed by atoms with Gasteiger partial charge in [0.15, 0.2) is 0 Å². The molecule has 0 saturated carbocycles. The third-order valence-corrected chi connectivity index (χ3v) is 5.43. The normalized spacial score (nSPS) is 26.3. The average molecular weight is 413 g/mol. The number of benzene rings is 1. The molecule has 2 fully saturated rings. The van der Waals surface area contributed by atoms with E-state index in [2.05, 4.69) is 20.3 Å². The van der Waals surface area contributed by atoms with Gasteiger partial charge in [-0.05, 0) is 12.1 Å². The number of nitrogens with zero attached hydrogens (tertiary/aromatic N) is 5. The summed E-state index contributed by atoms with van der Waals surface area (Å²) in [6.07, 6.45) is 0. The molecule has 4 rings (SSSR count). The second-order valence-electron chi connectivity index (χ2n) is 7.84. The van der Waals surface area contributed by atoms with E-state index in [9.17, 15) is 0 Å². The van der Waals surface area contributed by atoms with Gasteiger partial charge in [0.05, 0.1) is 0 Å². The molecule has 2 aliphatic rings. The minimum atomic E-state index is -0.150. The molecule has 12 heteroatoms. The summed E-state index contributed by atoms with van der Waals surface area (Å²) in [4.78, 5) is 17.7. The highest BCUT2D eigenvalue weighted by Crippen LogP contribution is 2.24. The summed E-state index contributed by atoms with van der Waals surface area (Å²) in [5.41, 5.74) is 31.2. The third-order valence-electron chi connectivity index (χ3n) is 5.43. The maximum Gasteiger partial charge on any atom is 0.233 e. The summed E-state index contributed by atoms with van der Waals surface area (Å²) in [5, 5.41) is 10.8. The Kier molecular flexibility index (Phi) is 5.39. The number of hydrogen-bond acceptors (Lipinski definition) is 11. The molecule has 1 aromatic carbocycles. The van der Waals surface area contributed by atoms with E-state index >= 15 is 0 Å². The van der Waals surface area contributed by atoms with Crippen LogP contribution in [0.1, 0.15) is 5.56 Å². The summed E-state index contributed by atoms with van der Waals surface area (Å²) in [6, 6.07) is 6.57. The first-order valence-electron chi connectivity index (χ1n) is 9.80. The van der Waals surface area contributed by atoms with Crippen molar-refractivity contribution in [2.45, 2.75) is 24.2 Å². The predicted octanol–water partition coefficient (Wildman–Crippen LogP) is -2.15. The van der Waals surface area contributed by atoms with Crippen molar-refractivity contribution in [2.75, 3.05) is 41.3 Å². The van der Waals surface area contributed by atoms with Gasteiger partial charge in [0.2, 0.25) is 17.8 Å². The number of amidine groups is 1. The fourth-order valence-electron chi connectivity index (χ4n) is 3.62. The minimum absolute atomic E-state index is 0.0178. The highest BCUT2D eigenvalue weighted by molar-refractivity contribution is 5.95. The Morgan fingerprint density at radius 1 is 0.867 bits per heavy atom. The van der Waals surface area contributed by atoms with Crippen LogP contribution in [0.3, 0.4) is 0 Å². The lowest BCUT2D eigenvalue weighted by atomic mass is 10.2. The highest BCUT2D eigenvalue weighted by atomic mass is 15.4. The van der Waals surface area contributed by atoms with Gasteiger partial charge in [-0.25, -0.2) is 0 Å². The number of nitrogen functional groups attached to an aromatic ring is 1. The summed E-state index contributed by atoms with van der Waals surface area (Å²) in [6.45, 7) is 2.23. The summed E-state index contributed by atoms with van der Waals surface area (Å²) in [7, 11) is 0. The maximum atomic E-state index is 7.63. The van der Waals surface area contributed by atoms with E-state index in [0.29, 0.717) is 55.3 Å². The Morgan fingerprint density at radius 2 is 1.37 bits per heavy atom. The molecular formula is C18H28N12. The molecule has 4 atom stereocenters. The van der Waals surface area contributed by atoms with Crippen molar-refractivity contribution >= 4 is 29.4 Å². The fraction of sp³-hybridized carbons (Fsp3) is 0.444. The van der Waals surface area contributed by atoms with Crippen LogP contribution >= 0.6 is 0 Å². The molecule has 0 radical (unpaired) electrons. The van der Waals surface area contributed by atoms with Crippen LogP contribution in [0.5, 0.6) is 0 Å². The lowest BCUT2D eigenvalue weighted by Crippen LogP contribution is -2.39. The number of hydrogen-bond donors (Lipinski definition) is 7. The van der Waals surface area contributed by atoms with Crippen molar-refractivity contribution in [1.29, 1.82) is 5.41 Å². The van der Waals surface area contributed by atoms with Crippen molar-refractivity contribution in [3.05, 3.63) is 29.8 Å². The zero-order chi connectivity index (χ0) is 21.4. The molecule has 12 N–H and O–H groups in total. The molecule has 2 unspecified atom stereocenters. The molecular weight excluding hydrogens is 384 g/mol. The lowest BCUT2D eigenvalue weighted by Gasteiger charge is -2.21. The van der Waals surface area contributed by atoms with Gasteiger partial charge in [-0.1, -0.05) is 12.1 Å². The number of aromatic nitrogens is 3. The van der Waals surface area contributed by atoms with Gasteiger partial charge in [-0.2, -0.15) is 15.0 Å². The van der Waals surface area contributed by atoms with Gasteiger partial charge in [-0.15, -0.1) is 0 Å². The van der Waals surface area contributed by atoms with E-state index in [1.165, 1.54) is 0 Å². The van der Waals surface area contributed by atoms with Crippen LogP contribution in [0.2, 0.25) is 0 Å². The van der Waals surface area contributed by atoms with Crippen LogP contribution in [-0.4, -0.2) is 71.1 Å². The SMILES string of the molecule is N=C(N)c1cccc(Nc2nc(N3CC(N)[C@H](N)C3)nc(N3CC(N)[C@H](N)C3)n2)c1.